The molecule has 2 N–H and O–H groups in total. The van der Waals surface area contributed by atoms with Crippen molar-refractivity contribution in [3.8, 4) is 11.3 Å². The van der Waals surface area contributed by atoms with Crippen molar-refractivity contribution in [3.63, 3.8) is 0 Å². The highest BCUT2D eigenvalue weighted by molar-refractivity contribution is 5.62. The summed E-state index contributed by atoms with van der Waals surface area (Å²) in [6.45, 7) is 3.37. The average molecular weight is 306 g/mol. The van der Waals surface area contributed by atoms with Gasteiger partial charge in [0.15, 0.2) is 0 Å². The van der Waals surface area contributed by atoms with Crippen LogP contribution in [0.5, 0.6) is 0 Å². The summed E-state index contributed by atoms with van der Waals surface area (Å²) in [5.74, 6) is 1.18. The van der Waals surface area contributed by atoms with Crippen molar-refractivity contribution in [3.05, 3.63) is 47.5 Å². The molecule has 0 fully saturated rings. The molecule has 2 aromatic rings. The maximum atomic E-state index is 13.6. The van der Waals surface area contributed by atoms with Crippen molar-refractivity contribution >= 4 is 0 Å². The molecular weight excluding hydrogens is 283 g/mol. The second-order valence-electron chi connectivity index (χ2n) is 5.73. The zero-order valence-electron chi connectivity index (χ0n) is 13.3. The molecule has 5 heteroatoms. The molecule has 2 rings (SSSR count). The molecule has 0 spiro atoms. The van der Waals surface area contributed by atoms with Gasteiger partial charge in [-0.25, -0.2) is 4.39 Å². The van der Waals surface area contributed by atoms with E-state index in [1.165, 1.54) is 6.07 Å². The number of halogens is 1. The lowest BCUT2D eigenvalue weighted by Crippen LogP contribution is -2.34. The smallest absolute Gasteiger partial charge is 0.134 e. The van der Waals surface area contributed by atoms with Gasteiger partial charge in [-0.15, -0.1) is 0 Å². The fraction of sp³-hybridized carbons (Fsp3) is 0.412. The Morgan fingerprint density at radius 1 is 1.27 bits per heavy atom. The summed E-state index contributed by atoms with van der Waals surface area (Å²) < 4.78 is 19.3. The maximum Gasteiger partial charge on any atom is 0.134 e. The van der Waals surface area contributed by atoms with Crippen molar-refractivity contribution < 1.29 is 13.9 Å². The van der Waals surface area contributed by atoms with E-state index in [-0.39, 0.29) is 5.82 Å². The molecule has 1 heterocycles. The Bertz CT molecular complexity index is 610. The Hall–Kier alpha value is -1.69. The highest BCUT2D eigenvalue weighted by Crippen LogP contribution is 2.26. The van der Waals surface area contributed by atoms with Gasteiger partial charge in [-0.1, -0.05) is 12.1 Å². The summed E-state index contributed by atoms with van der Waals surface area (Å²) in [6, 6.07) is 8.67. The predicted octanol–water partition coefficient (Wildman–Crippen LogP) is 2.41. The van der Waals surface area contributed by atoms with Gasteiger partial charge in [0, 0.05) is 18.7 Å². The highest BCUT2D eigenvalue weighted by Gasteiger charge is 2.10. The Labute approximate surface area is 130 Å². The third kappa shape index (κ3) is 4.40. The Kier molecular flexibility index (Phi) is 5.71. The minimum Gasteiger partial charge on any atom is -0.460 e. The van der Waals surface area contributed by atoms with Crippen molar-refractivity contribution in [2.75, 3.05) is 27.2 Å². The van der Waals surface area contributed by atoms with Crippen LogP contribution < -0.4 is 5.32 Å². The topological polar surface area (TPSA) is 48.6 Å². The summed E-state index contributed by atoms with van der Waals surface area (Å²) in [6.07, 6.45) is -0.421. The molecule has 4 nitrogen and oxygen atoms in total. The summed E-state index contributed by atoms with van der Waals surface area (Å²) in [5.41, 5.74) is 1.34. The fourth-order valence-electron chi connectivity index (χ4n) is 2.34. The molecule has 0 aliphatic carbocycles. The highest BCUT2D eigenvalue weighted by atomic mass is 19.1. The van der Waals surface area contributed by atoms with Crippen LogP contribution in [0.2, 0.25) is 0 Å². The maximum absolute atomic E-state index is 13.6. The summed E-state index contributed by atoms with van der Waals surface area (Å²) in [7, 11) is 3.84. The SMILES string of the molecule is Cc1c(F)cccc1-c1ccc(CNCC(O)CN(C)C)o1. The van der Waals surface area contributed by atoms with E-state index in [4.69, 9.17) is 4.42 Å². The minimum atomic E-state index is -0.421. The molecule has 120 valence electrons. The number of nitrogens with zero attached hydrogens (tertiary/aromatic N) is 1. The molecule has 1 unspecified atom stereocenters. The lowest BCUT2D eigenvalue weighted by molar-refractivity contribution is 0.134. The molecule has 0 radical (unpaired) electrons. The third-order valence-electron chi connectivity index (χ3n) is 3.45. The van der Waals surface area contributed by atoms with Gasteiger partial charge in [-0.2, -0.15) is 0 Å². The van der Waals surface area contributed by atoms with E-state index in [1.54, 1.807) is 13.0 Å². The monoisotopic (exact) mass is 306 g/mol. The summed E-state index contributed by atoms with van der Waals surface area (Å²) >= 11 is 0. The van der Waals surface area contributed by atoms with E-state index >= 15 is 0 Å². The number of rotatable bonds is 7. The fourth-order valence-corrected chi connectivity index (χ4v) is 2.34. The lowest BCUT2D eigenvalue weighted by atomic mass is 10.1. The van der Waals surface area contributed by atoms with Crippen LogP contribution in [0.15, 0.2) is 34.7 Å². The number of aliphatic hydroxyl groups is 1. The quantitative estimate of drug-likeness (QED) is 0.825. The zero-order chi connectivity index (χ0) is 16.1. The van der Waals surface area contributed by atoms with Crippen LogP contribution in [0.3, 0.4) is 0 Å². The van der Waals surface area contributed by atoms with E-state index in [9.17, 15) is 9.50 Å². The first kappa shape index (κ1) is 16.7. The van der Waals surface area contributed by atoms with Crippen molar-refractivity contribution in [1.82, 2.24) is 10.2 Å². The Morgan fingerprint density at radius 2 is 2.05 bits per heavy atom. The second kappa shape index (κ2) is 7.54. The van der Waals surface area contributed by atoms with Crippen LogP contribution in [0.25, 0.3) is 11.3 Å². The normalized spacial score (nSPS) is 12.8. The first-order valence-corrected chi connectivity index (χ1v) is 7.35. The van der Waals surface area contributed by atoms with Gasteiger partial charge in [0.2, 0.25) is 0 Å². The van der Waals surface area contributed by atoms with Crippen LogP contribution in [-0.2, 0) is 6.54 Å². The van der Waals surface area contributed by atoms with Crippen LogP contribution in [-0.4, -0.2) is 43.3 Å². The number of hydrogen-bond donors (Lipinski definition) is 2. The first-order chi connectivity index (χ1) is 10.5. The van der Waals surface area contributed by atoms with Crippen LogP contribution >= 0.6 is 0 Å². The Balaban J connectivity index is 1.93. The summed E-state index contributed by atoms with van der Waals surface area (Å²) in [4.78, 5) is 1.93. The van der Waals surface area contributed by atoms with Gasteiger partial charge >= 0.3 is 0 Å². The van der Waals surface area contributed by atoms with Gasteiger partial charge in [0.05, 0.1) is 12.6 Å². The van der Waals surface area contributed by atoms with E-state index in [0.29, 0.717) is 31.0 Å². The molecule has 0 aliphatic heterocycles. The van der Waals surface area contributed by atoms with Crippen molar-refractivity contribution in [2.45, 2.75) is 19.6 Å². The summed E-state index contributed by atoms with van der Waals surface area (Å²) in [5, 5.41) is 12.9. The third-order valence-corrected chi connectivity index (χ3v) is 3.45. The molecule has 0 saturated heterocycles. The van der Waals surface area contributed by atoms with E-state index in [1.807, 2.05) is 37.2 Å². The molecule has 22 heavy (non-hydrogen) atoms. The number of furan rings is 1. The van der Waals surface area contributed by atoms with E-state index < -0.39 is 6.10 Å². The molecule has 0 aliphatic rings. The largest absolute Gasteiger partial charge is 0.460 e. The van der Waals surface area contributed by atoms with Crippen LogP contribution in [0, 0.1) is 12.7 Å². The number of benzene rings is 1. The lowest BCUT2D eigenvalue weighted by Gasteiger charge is -2.15. The Morgan fingerprint density at radius 3 is 2.77 bits per heavy atom. The van der Waals surface area contributed by atoms with Crippen molar-refractivity contribution in [1.29, 1.82) is 0 Å². The number of likely N-dealkylation sites (N-methyl/N-ethyl adjacent to an activating group) is 1. The van der Waals surface area contributed by atoms with Crippen LogP contribution in [0.4, 0.5) is 4.39 Å². The second-order valence-corrected chi connectivity index (χ2v) is 5.73. The van der Waals surface area contributed by atoms with Gasteiger partial charge in [0.1, 0.15) is 17.3 Å². The molecule has 1 aromatic heterocycles. The standard InChI is InChI=1S/C17H23FN2O2/c1-12-15(5-4-6-16(12)18)17-8-7-14(22-17)10-19-9-13(21)11-20(2)3/h4-8,13,19,21H,9-11H2,1-3H3. The molecule has 0 saturated carbocycles. The van der Waals surface area contributed by atoms with Gasteiger partial charge < -0.3 is 19.7 Å². The van der Waals surface area contributed by atoms with Crippen LogP contribution in [0.1, 0.15) is 11.3 Å². The number of nitrogens with one attached hydrogen (secondary N) is 1. The molecule has 0 amide bonds. The minimum absolute atomic E-state index is 0.236. The zero-order valence-corrected chi connectivity index (χ0v) is 13.3. The van der Waals surface area contributed by atoms with Crippen molar-refractivity contribution in [2.24, 2.45) is 0 Å². The first-order valence-electron chi connectivity index (χ1n) is 7.35. The molecule has 1 aromatic carbocycles. The van der Waals surface area contributed by atoms with E-state index in [0.717, 1.165) is 11.3 Å². The number of aliphatic hydroxyl groups excluding tert-OH is 1. The molecular formula is C17H23FN2O2. The predicted molar refractivity (Wildman–Crippen MR) is 85.1 cm³/mol. The molecule has 1 atom stereocenters. The molecule has 0 bridgehead atoms. The van der Waals surface area contributed by atoms with Gasteiger partial charge in [-0.3, -0.25) is 0 Å². The van der Waals surface area contributed by atoms with Gasteiger partial charge in [-0.05, 0) is 44.8 Å². The average Bonchev–Trinajstić information content (AvgIpc) is 2.89. The van der Waals surface area contributed by atoms with E-state index in [2.05, 4.69) is 5.32 Å². The number of hydrogen-bond acceptors (Lipinski definition) is 4. The van der Waals surface area contributed by atoms with Gasteiger partial charge in [0.25, 0.3) is 0 Å².